The van der Waals surface area contributed by atoms with Crippen LogP contribution in [0, 0.1) is 0 Å². The van der Waals surface area contributed by atoms with Crippen molar-refractivity contribution in [3.63, 3.8) is 0 Å². The number of hydrogen-bond donors (Lipinski definition) is 1. The quantitative estimate of drug-likeness (QED) is 0.766. The van der Waals surface area contributed by atoms with Gasteiger partial charge in [0.15, 0.2) is 0 Å². The Balaban J connectivity index is 1.38. The lowest BCUT2D eigenvalue weighted by molar-refractivity contribution is -0.119. The molecule has 1 aromatic heterocycles. The number of fused-ring (bicyclic) bond motifs is 1. The van der Waals surface area contributed by atoms with Crippen molar-refractivity contribution in [1.29, 1.82) is 0 Å². The molecule has 0 bridgehead atoms. The molecule has 2 heterocycles. The maximum Gasteiger partial charge on any atom is 0.139 e. The predicted molar refractivity (Wildman–Crippen MR) is 110 cm³/mol. The molecule has 1 atom stereocenters. The van der Waals surface area contributed by atoms with Crippen LogP contribution in [-0.4, -0.2) is 36.4 Å². The van der Waals surface area contributed by atoms with Gasteiger partial charge in [0.25, 0.3) is 0 Å². The van der Waals surface area contributed by atoms with Gasteiger partial charge in [0.05, 0.1) is 13.2 Å². The first-order valence-corrected chi connectivity index (χ1v) is 10.1. The van der Waals surface area contributed by atoms with Gasteiger partial charge in [0.2, 0.25) is 0 Å². The molecule has 1 fully saturated rings. The summed E-state index contributed by atoms with van der Waals surface area (Å²) in [5, 5.41) is 3.52. The molecule has 0 radical (unpaired) electrons. The van der Waals surface area contributed by atoms with Crippen molar-refractivity contribution in [3.8, 4) is 0 Å². The van der Waals surface area contributed by atoms with Crippen LogP contribution in [0.2, 0.25) is 0 Å². The highest BCUT2D eigenvalue weighted by Gasteiger charge is 2.24. The summed E-state index contributed by atoms with van der Waals surface area (Å²) >= 11 is 0. The van der Waals surface area contributed by atoms with E-state index < -0.39 is 0 Å². The molecule has 28 heavy (non-hydrogen) atoms. The third-order valence-corrected chi connectivity index (χ3v) is 5.65. The number of methoxy groups -OCH3 is 1. The SMILES string of the molecule is COC[C@@H](CC(=O)Cc1cc2c(cn1)C(NC1CCC1)=NC2)c1ccccc1. The summed E-state index contributed by atoms with van der Waals surface area (Å²) < 4.78 is 5.34. The van der Waals surface area contributed by atoms with E-state index in [0.717, 1.165) is 28.2 Å². The predicted octanol–water partition coefficient (Wildman–Crippen LogP) is 3.42. The molecule has 2 aromatic rings. The van der Waals surface area contributed by atoms with Crippen LogP contribution in [0.3, 0.4) is 0 Å². The van der Waals surface area contributed by atoms with Gasteiger partial charge in [-0.2, -0.15) is 0 Å². The Labute approximate surface area is 166 Å². The second-order valence-corrected chi connectivity index (χ2v) is 7.75. The second-order valence-electron chi connectivity index (χ2n) is 7.75. The molecule has 0 unspecified atom stereocenters. The standard InChI is InChI=1S/C23H27N3O2/c1-28-15-18(16-6-3-2-4-7-16)11-21(27)12-20-10-17-13-25-23(22(17)14-24-20)26-19-8-5-9-19/h2-4,6-7,10,14,18-19H,5,8-9,11-13,15H2,1H3,(H,25,26)/t18-/m1/s1. The fraction of sp³-hybridized carbons (Fsp3) is 0.435. The number of nitrogens with one attached hydrogen (secondary N) is 1. The third-order valence-electron chi connectivity index (χ3n) is 5.65. The minimum Gasteiger partial charge on any atom is -0.384 e. The number of ether oxygens (including phenoxy) is 1. The van der Waals surface area contributed by atoms with Gasteiger partial charge in [-0.15, -0.1) is 0 Å². The number of nitrogens with zero attached hydrogens (tertiary/aromatic N) is 2. The molecule has 1 aliphatic carbocycles. The lowest BCUT2D eigenvalue weighted by atomic mass is 9.92. The molecule has 2 aliphatic rings. The Morgan fingerprint density at radius 1 is 1.29 bits per heavy atom. The largest absolute Gasteiger partial charge is 0.384 e. The molecule has 1 aromatic carbocycles. The normalized spacial score (nSPS) is 16.8. The number of hydrogen-bond acceptors (Lipinski definition) is 5. The molecule has 0 amide bonds. The van der Waals surface area contributed by atoms with Crippen molar-refractivity contribution in [2.75, 3.05) is 13.7 Å². The molecular formula is C23H27N3O2. The average Bonchev–Trinajstić information content (AvgIpc) is 3.07. The molecule has 146 valence electrons. The van der Waals surface area contributed by atoms with Crippen LogP contribution in [0.5, 0.6) is 0 Å². The van der Waals surface area contributed by atoms with Crippen LogP contribution in [0.15, 0.2) is 47.6 Å². The number of benzene rings is 1. The number of carbonyl (C=O) groups excluding carboxylic acids is 1. The molecular weight excluding hydrogens is 350 g/mol. The fourth-order valence-corrected chi connectivity index (χ4v) is 3.85. The zero-order valence-electron chi connectivity index (χ0n) is 16.4. The van der Waals surface area contributed by atoms with Crippen LogP contribution in [0.4, 0.5) is 0 Å². The summed E-state index contributed by atoms with van der Waals surface area (Å²) in [5.74, 6) is 1.23. The topological polar surface area (TPSA) is 63.6 Å². The van der Waals surface area contributed by atoms with Gasteiger partial charge in [0.1, 0.15) is 11.6 Å². The zero-order chi connectivity index (χ0) is 19.3. The van der Waals surface area contributed by atoms with Gasteiger partial charge in [-0.3, -0.25) is 14.8 Å². The van der Waals surface area contributed by atoms with Crippen molar-refractivity contribution in [3.05, 3.63) is 65.0 Å². The van der Waals surface area contributed by atoms with Crippen molar-refractivity contribution < 1.29 is 9.53 Å². The Bertz CT molecular complexity index is 859. The van der Waals surface area contributed by atoms with E-state index in [2.05, 4.69) is 27.4 Å². The van der Waals surface area contributed by atoms with Gasteiger partial charge in [-0.05, 0) is 36.5 Å². The number of pyridine rings is 1. The first kappa shape index (κ1) is 18.8. The Morgan fingerprint density at radius 2 is 2.11 bits per heavy atom. The summed E-state index contributed by atoms with van der Waals surface area (Å²) in [6.07, 6.45) is 6.42. The molecule has 1 N–H and O–H groups in total. The van der Waals surface area contributed by atoms with Crippen LogP contribution < -0.4 is 5.32 Å². The number of ketones is 1. The third kappa shape index (κ3) is 4.30. The van der Waals surface area contributed by atoms with E-state index in [1.165, 1.54) is 19.3 Å². The van der Waals surface area contributed by atoms with Crippen molar-refractivity contribution in [1.82, 2.24) is 10.3 Å². The molecule has 0 spiro atoms. The maximum absolute atomic E-state index is 12.7. The molecule has 5 heteroatoms. The van der Waals surface area contributed by atoms with E-state index >= 15 is 0 Å². The van der Waals surface area contributed by atoms with Crippen molar-refractivity contribution in [2.45, 2.75) is 50.6 Å². The highest BCUT2D eigenvalue weighted by atomic mass is 16.5. The van der Waals surface area contributed by atoms with Gasteiger partial charge in [-0.25, -0.2) is 0 Å². The highest BCUT2D eigenvalue weighted by molar-refractivity contribution is 6.02. The summed E-state index contributed by atoms with van der Waals surface area (Å²) in [5.41, 5.74) is 4.22. The van der Waals surface area contributed by atoms with Gasteiger partial charge < -0.3 is 10.1 Å². The summed E-state index contributed by atoms with van der Waals surface area (Å²) in [7, 11) is 1.68. The van der Waals surface area contributed by atoms with Crippen LogP contribution in [0.1, 0.15) is 54.0 Å². The summed E-state index contributed by atoms with van der Waals surface area (Å²) in [4.78, 5) is 21.9. The molecule has 4 rings (SSSR count). The van der Waals surface area contributed by atoms with E-state index in [-0.39, 0.29) is 11.7 Å². The lowest BCUT2D eigenvalue weighted by Gasteiger charge is -2.27. The molecule has 1 saturated carbocycles. The van der Waals surface area contributed by atoms with E-state index in [4.69, 9.17) is 4.74 Å². The van der Waals surface area contributed by atoms with Gasteiger partial charge in [0, 0.05) is 49.4 Å². The van der Waals surface area contributed by atoms with Gasteiger partial charge in [-0.1, -0.05) is 30.3 Å². The first-order chi connectivity index (χ1) is 13.7. The number of rotatable bonds is 8. The second kappa shape index (κ2) is 8.65. The monoisotopic (exact) mass is 377 g/mol. The van der Waals surface area contributed by atoms with E-state index in [9.17, 15) is 4.79 Å². The number of carbonyl (C=O) groups is 1. The number of Topliss-reactive ketones (excluding diaryl/α,β-unsaturated/α-hetero) is 1. The van der Waals surface area contributed by atoms with Crippen molar-refractivity contribution in [2.24, 2.45) is 4.99 Å². The number of amidine groups is 1. The Morgan fingerprint density at radius 3 is 2.82 bits per heavy atom. The van der Waals surface area contributed by atoms with Gasteiger partial charge >= 0.3 is 0 Å². The van der Waals surface area contributed by atoms with E-state index in [1.54, 1.807) is 7.11 Å². The van der Waals surface area contributed by atoms with E-state index in [1.807, 2.05) is 30.5 Å². The maximum atomic E-state index is 12.7. The number of aromatic nitrogens is 1. The smallest absolute Gasteiger partial charge is 0.139 e. The lowest BCUT2D eigenvalue weighted by Crippen LogP contribution is -2.39. The van der Waals surface area contributed by atoms with E-state index in [0.29, 0.717) is 32.0 Å². The molecule has 5 nitrogen and oxygen atoms in total. The summed E-state index contributed by atoms with van der Waals surface area (Å²) in [6, 6.07) is 12.7. The molecule has 0 saturated heterocycles. The summed E-state index contributed by atoms with van der Waals surface area (Å²) in [6.45, 7) is 1.21. The zero-order valence-corrected chi connectivity index (χ0v) is 16.4. The van der Waals surface area contributed by atoms with Crippen LogP contribution in [0.25, 0.3) is 0 Å². The van der Waals surface area contributed by atoms with Crippen LogP contribution >= 0.6 is 0 Å². The highest BCUT2D eigenvalue weighted by Crippen LogP contribution is 2.24. The van der Waals surface area contributed by atoms with Crippen LogP contribution in [-0.2, 0) is 22.5 Å². The fourth-order valence-electron chi connectivity index (χ4n) is 3.85. The van der Waals surface area contributed by atoms with Crippen molar-refractivity contribution >= 4 is 11.6 Å². The number of aliphatic imine (C=N–C) groups is 1. The first-order valence-electron chi connectivity index (χ1n) is 10.1. The minimum absolute atomic E-state index is 0.0785. The minimum atomic E-state index is 0.0785. The molecule has 1 aliphatic heterocycles. The average molecular weight is 377 g/mol. The Kier molecular flexibility index (Phi) is 5.81. The Hall–Kier alpha value is -2.53.